The van der Waals surface area contributed by atoms with E-state index in [2.05, 4.69) is 5.92 Å². The minimum atomic E-state index is -1.56. The number of hydrogen-bond donors (Lipinski definition) is 1. The van der Waals surface area contributed by atoms with Crippen molar-refractivity contribution in [1.29, 1.82) is 0 Å². The fourth-order valence-corrected chi connectivity index (χ4v) is 1.33. The molecule has 1 amide bonds. The van der Waals surface area contributed by atoms with Crippen LogP contribution in [0.5, 0.6) is 0 Å². The smallest absolute Gasteiger partial charge is 0.267 e. The molecule has 0 aromatic carbocycles. The lowest BCUT2D eigenvalue weighted by Gasteiger charge is -2.16. The zero-order valence-corrected chi connectivity index (χ0v) is 6.66. The highest BCUT2D eigenvalue weighted by Gasteiger charge is 2.48. The third kappa shape index (κ3) is 0.908. The summed E-state index contributed by atoms with van der Waals surface area (Å²) in [7, 11) is 1.63. The molecule has 0 bridgehead atoms. The summed E-state index contributed by atoms with van der Waals surface area (Å²) in [4.78, 5) is 12.7. The summed E-state index contributed by atoms with van der Waals surface area (Å²) in [5.74, 6) is 1.59. The Bertz CT molecular complexity index is 231. The van der Waals surface area contributed by atoms with Gasteiger partial charge in [0.25, 0.3) is 5.91 Å². The van der Waals surface area contributed by atoms with Gasteiger partial charge < -0.3 is 10.0 Å². The van der Waals surface area contributed by atoms with Gasteiger partial charge in [-0.2, -0.15) is 0 Å². The van der Waals surface area contributed by atoms with Crippen LogP contribution >= 0.6 is 0 Å². The maximum atomic E-state index is 11.2. The van der Waals surface area contributed by atoms with Gasteiger partial charge in [0.15, 0.2) is 0 Å². The van der Waals surface area contributed by atoms with E-state index in [1.807, 2.05) is 0 Å². The molecule has 1 heterocycles. The second-order valence-corrected chi connectivity index (χ2v) is 3.00. The number of rotatable bonds is 0. The van der Waals surface area contributed by atoms with Crippen molar-refractivity contribution >= 4 is 5.91 Å². The molecular weight excluding hydrogens is 142 g/mol. The lowest BCUT2D eigenvalue weighted by molar-refractivity contribution is -0.138. The lowest BCUT2D eigenvalue weighted by atomic mass is 9.93. The SMILES string of the molecule is C#C[C@]1(O)C(=O)N(C)C[C@@H]1C. The Hall–Kier alpha value is -1.01. The maximum absolute atomic E-state index is 11.2. The molecule has 0 aromatic rings. The predicted octanol–water partition coefficient (Wildman–Crippen LogP) is -0.541. The van der Waals surface area contributed by atoms with Crippen LogP contribution in [-0.2, 0) is 4.79 Å². The van der Waals surface area contributed by atoms with Crippen molar-refractivity contribution in [1.82, 2.24) is 4.90 Å². The third-order valence-electron chi connectivity index (χ3n) is 2.15. The largest absolute Gasteiger partial charge is 0.369 e. The van der Waals surface area contributed by atoms with E-state index in [0.29, 0.717) is 6.54 Å². The van der Waals surface area contributed by atoms with Gasteiger partial charge in [0.2, 0.25) is 5.60 Å². The van der Waals surface area contributed by atoms with Gasteiger partial charge in [-0.1, -0.05) is 12.8 Å². The number of amides is 1. The second kappa shape index (κ2) is 2.24. The Morgan fingerprint density at radius 3 is 2.64 bits per heavy atom. The fraction of sp³-hybridized carbons (Fsp3) is 0.625. The quantitative estimate of drug-likeness (QED) is 0.475. The number of hydrogen-bond acceptors (Lipinski definition) is 2. The summed E-state index contributed by atoms with van der Waals surface area (Å²) < 4.78 is 0. The van der Waals surface area contributed by atoms with E-state index in [4.69, 9.17) is 6.42 Å². The predicted molar refractivity (Wildman–Crippen MR) is 40.6 cm³/mol. The van der Waals surface area contributed by atoms with Gasteiger partial charge in [-0.25, -0.2) is 0 Å². The first-order valence-electron chi connectivity index (χ1n) is 3.48. The van der Waals surface area contributed by atoms with Gasteiger partial charge in [0, 0.05) is 19.5 Å². The maximum Gasteiger partial charge on any atom is 0.267 e. The summed E-state index contributed by atoms with van der Waals surface area (Å²) in [5.41, 5.74) is -1.56. The number of likely N-dealkylation sites (N-methyl/N-ethyl adjacent to an activating group) is 1. The van der Waals surface area contributed by atoms with E-state index in [-0.39, 0.29) is 11.8 Å². The molecule has 1 fully saturated rings. The molecule has 0 aliphatic carbocycles. The third-order valence-corrected chi connectivity index (χ3v) is 2.15. The first-order chi connectivity index (χ1) is 5.02. The van der Waals surface area contributed by atoms with Crippen LogP contribution in [0.25, 0.3) is 0 Å². The highest BCUT2D eigenvalue weighted by molar-refractivity contribution is 5.90. The Morgan fingerprint density at radius 2 is 2.45 bits per heavy atom. The first-order valence-corrected chi connectivity index (χ1v) is 3.48. The molecule has 3 heteroatoms. The average Bonchev–Trinajstić information content (AvgIpc) is 2.16. The highest BCUT2D eigenvalue weighted by Crippen LogP contribution is 2.26. The normalized spacial score (nSPS) is 37.5. The molecule has 3 nitrogen and oxygen atoms in total. The standard InChI is InChI=1S/C8H11NO2/c1-4-8(11)6(2)5-9(3)7(8)10/h1,6,11H,5H2,2-3H3/t6-,8+/m0/s1. The fourth-order valence-electron chi connectivity index (χ4n) is 1.33. The van der Waals surface area contributed by atoms with Crippen LogP contribution in [0, 0.1) is 18.3 Å². The van der Waals surface area contributed by atoms with Crippen LogP contribution in [0.2, 0.25) is 0 Å². The second-order valence-electron chi connectivity index (χ2n) is 3.00. The highest BCUT2D eigenvalue weighted by atomic mass is 16.3. The van der Waals surface area contributed by atoms with Crippen LogP contribution in [0.3, 0.4) is 0 Å². The topological polar surface area (TPSA) is 40.5 Å². The van der Waals surface area contributed by atoms with E-state index in [1.165, 1.54) is 4.90 Å². The van der Waals surface area contributed by atoms with Gasteiger partial charge in [-0.05, 0) is 0 Å². The van der Waals surface area contributed by atoms with Crippen molar-refractivity contribution in [3.05, 3.63) is 0 Å². The number of terminal acetylenes is 1. The number of likely N-dealkylation sites (tertiary alicyclic amines) is 1. The van der Waals surface area contributed by atoms with Crippen LogP contribution in [0.1, 0.15) is 6.92 Å². The Morgan fingerprint density at radius 1 is 1.91 bits per heavy atom. The van der Waals surface area contributed by atoms with E-state index in [0.717, 1.165) is 0 Å². The molecule has 11 heavy (non-hydrogen) atoms. The molecule has 1 saturated heterocycles. The van der Waals surface area contributed by atoms with E-state index < -0.39 is 5.60 Å². The van der Waals surface area contributed by atoms with Crippen LogP contribution < -0.4 is 0 Å². The van der Waals surface area contributed by atoms with Crippen molar-refractivity contribution in [2.45, 2.75) is 12.5 Å². The first kappa shape index (κ1) is 8.09. The van der Waals surface area contributed by atoms with Crippen molar-refractivity contribution in [3.63, 3.8) is 0 Å². The van der Waals surface area contributed by atoms with E-state index in [1.54, 1.807) is 14.0 Å². The molecule has 0 unspecified atom stereocenters. The Labute approximate surface area is 66.0 Å². The summed E-state index contributed by atoms with van der Waals surface area (Å²) in [6.07, 6.45) is 5.06. The Balaban J connectivity index is 2.99. The number of nitrogens with zero attached hydrogens (tertiary/aromatic N) is 1. The summed E-state index contributed by atoms with van der Waals surface area (Å²) in [6.45, 7) is 2.29. The zero-order valence-electron chi connectivity index (χ0n) is 6.66. The minimum absolute atomic E-state index is 0.176. The summed E-state index contributed by atoms with van der Waals surface area (Å²) in [5, 5.41) is 9.58. The van der Waals surface area contributed by atoms with E-state index >= 15 is 0 Å². The molecule has 1 rings (SSSR count). The monoisotopic (exact) mass is 153 g/mol. The molecule has 1 aliphatic rings. The van der Waals surface area contributed by atoms with Crippen molar-refractivity contribution < 1.29 is 9.90 Å². The average molecular weight is 153 g/mol. The van der Waals surface area contributed by atoms with Gasteiger partial charge >= 0.3 is 0 Å². The Kier molecular flexibility index (Phi) is 1.65. The van der Waals surface area contributed by atoms with Crippen LogP contribution in [-0.4, -0.2) is 35.1 Å². The lowest BCUT2D eigenvalue weighted by Crippen LogP contribution is -2.40. The van der Waals surface area contributed by atoms with Gasteiger partial charge in [0.05, 0.1) is 0 Å². The van der Waals surface area contributed by atoms with Gasteiger partial charge in [0.1, 0.15) is 0 Å². The van der Waals surface area contributed by atoms with Gasteiger partial charge in [-0.3, -0.25) is 4.79 Å². The van der Waals surface area contributed by atoms with Gasteiger partial charge in [-0.15, -0.1) is 6.42 Å². The molecule has 0 saturated carbocycles. The molecule has 2 atom stereocenters. The summed E-state index contributed by atoms with van der Waals surface area (Å²) in [6, 6.07) is 0. The molecule has 1 N–H and O–H groups in total. The molecule has 0 spiro atoms. The molecule has 1 aliphatic heterocycles. The van der Waals surface area contributed by atoms with Crippen molar-refractivity contribution in [2.75, 3.05) is 13.6 Å². The summed E-state index contributed by atoms with van der Waals surface area (Å²) >= 11 is 0. The van der Waals surface area contributed by atoms with Crippen LogP contribution in [0.4, 0.5) is 0 Å². The number of carbonyl (C=O) groups excluding carboxylic acids is 1. The molecule has 60 valence electrons. The molecule has 0 radical (unpaired) electrons. The molecule has 0 aromatic heterocycles. The minimum Gasteiger partial charge on any atom is -0.369 e. The van der Waals surface area contributed by atoms with Crippen LogP contribution in [0.15, 0.2) is 0 Å². The number of aliphatic hydroxyl groups is 1. The van der Waals surface area contributed by atoms with E-state index in [9.17, 15) is 9.90 Å². The van der Waals surface area contributed by atoms with Crippen molar-refractivity contribution in [2.24, 2.45) is 5.92 Å². The van der Waals surface area contributed by atoms with Crippen molar-refractivity contribution in [3.8, 4) is 12.3 Å². The zero-order chi connectivity index (χ0) is 8.65. The number of carbonyl (C=O) groups is 1. The molecular formula is C8H11NO2.